The second kappa shape index (κ2) is 7.00. The smallest absolute Gasteiger partial charge is 0.448 e. The van der Waals surface area contributed by atoms with Gasteiger partial charge in [0.05, 0.1) is 10.9 Å². The molecule has 1 aliphatic rings. The molecule has 0 aliphatic carbocycles. The average Bonchev–Trinajstić information content (AvgIpc) is 2.87. The number of carbonyl (C=O) groups is 4. The van der Waals surface area contributed by atoms with E-state index in [0.717, 1.165) is 17.0 Å². The summed E-state index contributed by atoms with van der Waals surface area (Å²) in [6.07, 6.45) is -3.90. The van der Waals surface area contributed by atoms with E-state index in [0.29, 0.717) is 0 Å². The van der Waals surface area contributed by atoms with Crippen molar-refractivity contribution in [3.05, 3.63) is 29.6 Å². The molecule has 11 nitrogen and oxygen atoms in total. The molecule has 1 saturated heterocycles. The summed E-state index contributed by atoms with van der Waals surface area (Å²) in [5.74, 6) is -2.62. The third kappa shape index (κ3) is 3.92. The third-order valence-electron chi connectivity index (χ3n) is 3.29. The quantitative estimate of drug-likeness (QED) is 0.639. The Morgan fingerprint density at radius 1 is 1.24 bits per heavy atom. The van der Waals surface area contributed by atoms with Crippen LogP contribution in [-0.4, -0.2) is 52.2 Å². The van der Waals surface area contributed by atoms with Crippen molar-refractivity contribution in [3.63, 3.8) is 0 Å². The summed E-state index contributed by atoms with van der Waals surface area (Å²) in [6, 6.07) is 1.77. The van der Waals surface area contributed by atoms with E-state index < -0.39 is 36.0 Å². The molecule has 4 N–H and O–H groups in total. The fourth-order valence-corrected chi connectivity index (χ4v) is 2.28. The lowest BCUT2D eigenvalue weighted by atomic mass is 10.2. The van der Waals surface area contributed by atoms with Crippen LogP contribution in [0.1, 0.15) is 16.8 Å². The van der Waals surface area contributed by atoms with E-state index in [1.54, 1.807) is 0 Å². The number of hydrogen-bond acceptors (Lipinski definition) is 7. The second-order valence-corrected chi connectivity index (χ2v) is 4.82. The van der Waals surface area contributed by atoms with Gasteiger partial charge in [-0.05, 0) is 24.6 Å². The minimum atomic E-state index is -1.90. The highest BCUT2D eigenvalue weighted by Gasteiger charge is 2.42. The highest BCUT2D eigenvalue weighted by Crippen LogP contribution is 2.28. The van der Waals surface area contributed by atoms with Crippen LogP contribution in [0.15, 0.2) is 18.2 Å². The molecule has 134 valence electrons. The molecule has 0 radical (unpaired) electrons. The molecule has 2 amide bonds. The number of halogens is 1. The van der Waals surface area contributed by atoms with Crippen LogP contribution in [0.5, 0.6) is 0 Å². The fourth-order valence-electron chi connectivity index (χ4n) is 2.28. The van der Waals surface area contributed by atoms with E-state index in [9.17, 15) is 23.6 Å². The molecule has 1 aliphatic heterocycles. The number of hydroxylamine groups is 2. The van der Waals surface area contributed by atoms with Crippen LogP contribution in [0.25, 0.3) is 0 Å². The first kappa shape index (κ1) is 17.9. The van der Waals surface area contributed by atoms with E-state index in [2.05, 4.69) is 9.68 Å². The standard InChI is InChI=1S/C13H12FN3O8/c14-7-5-6(10(15)18)1-2-8(7)16-4-3-9(11(16)19)17(24-12(20)21)25-13(22)23/h1-2,5,9H,3-4H2,(H2,15,18)(H,20,21)(H,22,23)/t9-/m0/s1. The molecule has 1 heterocycles. The van der Waals surface area contributed by atoms with Gasteiger partial charge in [-0.15, -0.1) is 0 Å². The first-order chi connectivity index (χ1) is 11.7. The van der Waals surface area contributed by atoms with E-state index in [1.807, 2.05) is 0 Å². The molecule has 1 atom stereocenters. The maximum Gasteiger partial charge on any atom is 0.528 e. The van der Waals surface area contributed by atoms with Crippen LogP contribution < -0.4 is 10.6 Å². The number of amides is 2. The molecule has 1 aromatic carbocycles. The first-order valence-corrected chi connectivity index (χ1v) is 6.72. The van der Waals surface area contributed by atoms with Crippen LogP contribution in [-0.2, 0) is 14.5 Å². The van der Waals surface area contributed by atoms with E-state index in [4.69, 9.17) is 15.9 Å². The van der Waals surface area contributed by atoms with Gasteiger partial charge in [-0.1, -0.05) is 0 Å². The van der Waals surface area contributed by atoms with Gasteiger partial charge >= 0.3 is 12.3 Å². The van der Waals surface area contributed by atoms with Crippen molar-refractivity contribution in [3.8, 4) is 0 Å². The Bertz CT molecular complexity index is 724. The number of nitrogens with zero attached hydrogens (tertiary/aromatic N) is 2. The number of primary amides is 1. The van der Waals surface area contributed by atoms with E-state index in [-0.39, 0.29) is 29.4 Å². The average molecular weight is 357 g/mol. The summed E-state index contributed by atoms with van der Waals surface area (Å²) in [6.45, 7) is -0.0706. The van der Waals surface area contributed by atoms with E-state index >= 15 is 0 Å². The first-order valence-electron chi connectivity index (χ1n) is 6.72. The van der Waals surface area contributed by atoms with Crippen LogP contribution in [0.3, 0.4) is 0 Å². The predicted octanol–water partition coefficient (Wildman–Crippen LogP) is 0.551. The second-order valence-electron chi connectivity index (χ2n) is 4.82. The van der Waals surface area contributed by atoms with Crippen LogP contribution in [0.4, 0.5) is 19.7 Å². The van der Waals surface area contributed by atoms with Crippen molar-refractivity contribution in [2.45, 2.75) is 12.5 Å². The number of rotatable bonds is 5. The number of carbonyl (C=O) groups excluding carboxylic acids is 2. The highest BCUT2D eigenvalue weighted by atomic mass is 19.1. The van der Waals surface area contributed by atoms with Crippen LogP contribution >= 0.6 is 0 Å². The highest BCUT2D eigenvalue weighted by molar-refractivity contribution is 6.00. The number of nitrogens with two attached hydrogens (primary N) is 1. The number of hydrogen-bond donors (Lipinski definition) is 3. The Kier molecular flexibility index (Phi) is 5.02. The molecular formula is C13H12FN3O8. The SMILES string of the molecule is NC(=O)c1ccc(N2CC[C@H](N(OC(=O)O)OC(=O)O)C2=O)c(F)c1. The zero-order valence-electron chi connectivity index (χ0n) is 12.4. The Hall–Kier alpha value is -3.41. The minimum Gasteiger partial charge on any atom is -0.448 e. The normalized spacial score (nSPS) is 16.8. The largest absolute Gasteiger partial charge is 0.528 e. The summed E-state index contributed by atoms with van der Waals surface area (Å²) < 4.78 is 14.1. The summed E-state index contributed by atoms with van der Waals surface area (Å²) >= 11 is 0. The van der Waals surface area contributed by atoms with Crippen molar-refractivity contribution in [2.24, 2.45) is 5.73 Å². The molecule has 0 spiro atoms. The predicted molar refractivity (Wildman–Crippen MR) is 75.7 cm³/mol. The lowest BCUT2D eigenvalue weighted by molar-refractivity contribution is -0.324. The Morgan fingerprint density at radius 2 is 1.84 bits per heavy atom. The Balaban J connectivity index is 2.24. The number of anilines is 1. The van der Waals surface area contributed by atoms with Gasteiger partial charge < -0.3 is 20.8 Å². The van der Waals surface area contributed by atoms with Crippen LogP contribution in [0, 0.1) is 5.82 Å². The monoisotopic (exact) mass is 357 g/mol. The van der Waals surface area contributed by atoms with Crippen molar-refractivity contribution >= 4 is 29.8 Å². The topological polar surface area (TPSA) is 160 Å². The van der Waals surface area contributed by atoms with Crippen molar-refractivity contribution in [1.82, 2.24) is 5.23 Å². The summed E-state index contributed by atoms with van der Waals surface area (Å²) in [5.41, 5.74) is 4.74. The summed E-state index contributed by atoms with van der Waals surface area (Å²) in [7, 11) is 0. The summed E-state index contributed by atoms with van der Waals surface area (Å²) in [5, 5.41) is 17.2. The molecule has 0 saturated carbocycles. The summed E-state index contributed by atoms with van der Waals surface area (Å²) in [4.78, 5) is 53.8. The lowest BCUT2D eigenvalue weighted by Gasteiger charge is -2.22. The van der Waals surface area contributed by atoms with Gasteiger partial charge in [0.25, 0.3) is 5.91 Å². The van der Waals surface area contributed by atoms with Crippen molar-refractivity contribution < 1.29 is 43.5 Å². The molecule has 12 heteroatoms. The minimum absolute atomic E-state index is 0.0166. The van der Waals surface area contributed by atoms with Gasteiger partial charge in [-0.25, -0.2) is 14.0 Å². The van der Waals surface area contributed by atoms with Gasteiger partial charge in [0.15, 0.2) is 6.04 Å². The fraction of sp³-hybridized carbons (Fsp3) is 0.231. The molecular weight excluding hydrogens is 345 g/mol. The molecule has 0 aromatic heterocycles. The van der Waals surface area contributed by atoms with Gasteiger partial charge in [0.1, 0.15) is 5.82 Å². The van der Waals surface area contributed by atoms with Gasteiger partial charge in [0.2, 0.25) is 5.91 Å². The molecule has 2 rings (SSSR count). The molecule has 25 heavy (non-hydrogen) atoms. The lowest BCUT2D eigenvalue weighted by Crippen LogP contribution is -2.44. The number of carboxylic acid groups (broad SMARTS) is 2. The van der Waals surface area contributed by atoms with Crippen molar-refractivity contribution in [1.29, 1.82) is 0 Å². The number of benzene rings is 1. The van der Waals surface area contributed by atoms with E-state index in [1.165, 1.54) is 6.07 Å². The van der Waals surface area contributed by atoms with Gasteiger partial charge in [-0.3, -0.25) is 19.3 Å². The molecule has 0 bridgehead atoms. The third-order valence-corrected chi connectivity index (χ3v) is 3.29. The zero-order chi connectivity index (χ0) is 18.7. The maximum atomic E-state index is 14.1. The Morgan fingerprint density at radius 3 is 2.32 bits per heavy atom. The zero-order valence-corrected chi connectivity index (χ0v) is 12.4. The maximum absolute atomic E-state index is 14.1. The molecule has 1 aromatic rings. The van der Waals surface area contributed by atoms with Gasteiger partial charge in [-0.2, -0.15) is 0 Å². The Labute approximate surface area is 138 Å². The molecule has 1 fully saturated rings. The molecule has 0 unspecified atom stereocenters. The van der Waals surface area contributed by atoms with Crippen LogP contribution in [0.2, 0.25) is 0 Å². The van der Waals surface area contributed by atoms with Gasteiger partial charge in [0, 0.05) is 12.1 Å². The van der Waals surface area contributed by atoms with Crippen molar-refractivity contribution in [2.75, 3.05) is 11.4 Å².